The summed E-state index contributed by atoms with van der Waals surface area (Å²) in [5, 5.41) is 0. The minimum absolute atomic E-state index is 1.16. The maximum absolute atomic E-state index is 2.16. The molecule has 0 aromatic rings. The van der Waals surface area contributed by atoms with Crippen molar-refractivity contribution in [3.05, 3.63) is 23.8 Å². The minimum Gasteiger partial charge on any atom is -0.0877 e. The van der Waals surface area contributed by atoms with E-state index < -0.39 is 0 Å². The van der Waals surface area contributed by atoms with Crippen LogP contribution >= 0.6 is 0 Å². The number of hydrogen-bond acceptors (Lipinski definition) is 0. The van der Waals surface area contributed by atoms with Gasteiger partial charge in [0.25, 0.3) is 0 Å². The fraction of sp³-hybridized carbons (Fsp3) is 0.500. The third-order valence-electron chi connectivity index (χ3n) is 1.13. The van der Waals surface area contributed by atoms with Gasteiger partial charge in [0.05, 0.1) is 0 Å². The fourth-order valence-electron chi connectivity index (χ4n) is 0.378. The van der Waals surface area contributed by atoms with Crippen LogP contribution in [-0.2, 0) is 0 Å². The largest absolute Gasteiger partial charge is 0.0877 e. The van der Waals surface area contributed by atoms with Gasteiger partial charge in [0.2, 0.25) is 0 Å². The van der Waals surface area contributed by atoms with E-state index in [0.29, 0.717) is 0 Å². The molecule has 0 nitrogen and oxygen atoms in total. The molecule has 0 aromatic heterocycles. The molecule has 0 amide bonds. The van der Waals surface area contributed by atoms with Gasteiger partial charge in [-0.2, -0.15) is 0 Å². The summed E-state index contributed by atoms with van der Waals surface area (Å²) < 4.78 is 0. The smallest absolute Gasteiger partial charge is 0.0349 e. The molecule has 0 atom stereocenters. The second-order valence-corrected chi connectivity index (χ2v) is 1.89. The van der Waals surface area contributed by atoms with Crippen LogP contribution < -0.4 is 0 Å². The molecule has 0 aromatic carbocycles. The normalized spacial score (nSPS) is 13.1. The van der Waals surface area contributed by atoms with Crippen LogP contribution in [-0.4, -0.2) is 0 Å². The average molecular weight is 110 g/mol. The molecule has 0 heterocycles. The second-order valence-electron chi connectivity index (χ2n) is 1.89. The van der Waals surface area contributed by atoms with Gasteiger partial charge in [0.1, 0.15) is 0 Å². The topological polar surface area (TPSA) is 0 Å². The van der Waals surface area contributed by atoms with E-state index in [1.165, 1.54) is 5.57 Å². The molecule has 0 fully saturated rings. The molecule has 0 unspecified atom stereocenters. The first kappa shape index (κ1) is 7.48. The summed E-state index contributed by atoms with van der Waals surface area (Å²) in [5.41, 5.74) is 1.43. The van der Waals surface area contributed by atoms with Crippen LogP contribution in [0.1, 0.15) is 27.2 Å². The van der Waals surface area contributed by atoms with Gasteiger partial charge in [-0.1, -0.05) is 30.7 Å². The van der Waals surface area contributed by atoms with E-state index in [0.717, 1.165) is 6.42 Å². The Morgan fingerprint density at radius 2 is 2.12 bits per heavy atom. The first-order chi connectivity index (χ1) is 3.81. The Labute approximate surface area is 51.9 Å². The predicted octanol–water partition coefficient (Wildman–Crippen LogP) is 2.92. The fourth-order valence-corrected chi connectivity index (χ4v) is 0.378. The number of rotatable bonds is 2. The molecule has 46 valence electrons. The number of hydrogen-bond donors (Lipinski definition) is 0. The van der Waals surface area contributed by atoms with Gasteiger partial charge in [-0.15, -0.1) is 0 Å². The molecular formula is C8H14. The highest BCUT2D eigenvalue weighted by atomic mass is 13.8. The zero-order valence-corrected chi connectivity index (χ0v) is 5.94. The van der Waals surface area contributed by atoms with Crippen LogP contribution in [0.2, 0.25) is 0 Å². The van der Waals surface area contributed by atoms with Crippen molar-refractivity contribution >= 4 is 0 Å². The minimum atomic E-state index is 1.16. The zero-order valence-electron chi connectivity index (χ0n) is 5.94. The summed E-state index contributed by atoms with van der Waals surface area (Å²) in [5.74, 6) is 0. The van der Waals surface area contributed by atoms with E-state index in [9.17, 15) is 0 Å². The molecule has 0 aliphatic heterocycles. The van der Waals surface area contributed by atoms with Crippen LogP contribution in [0.4, 0.5) is 0 Å². The third kappa shape index (κ3) is 3.66. The van der Waals surface area contributed by atoms with Gasteiger partial charge in [0, 0.05) is 0 Å². The standard InChI is InChI=1S/C8H14/c1-4-6-7-8(3)5-2/h4,6-7H,5H2,1-3H3/b6-4-,8-7+. The van der Waals surface area contributed by atoms with E-state index in [2.05, 4.69) is 26.0 Å². The summed E-state index contributed by atoms with van der Waals surface area (Å²) in [6.45, 7) is 6.33. The second kappa shape index (κ2) is 4.63. The molecular weight excluding hydrogens is 96.1 g/mol. The van der Waals surface area contributed by atoms with E-state index >= 15 is 0 Å². The third-order valence-corrected chi connectivity index (χ3v) is 1.13. The van der Waals surface area contributed by atoms with Crippen molar-refractivity contribution in [2.24, 2.45) is 0 Å². The lowest BCUT2D eigenvalue weighted by Gasteiger charge is -1.87. The summed E-state index contributed by atoms with van der Waals surface area (Å²) in [4.78, 5) is 0. The summed E-state index contributed by atoms with van der Waals surface area (Å²) in [6.07, 6.45) is 7.41. The average Bonchev–Trinajstić information content (AvgIpc) is 1.83. The number of allylic oxidation sites excluding steroid dienone is 4. The van der Waals surface area contributed by atoms with Crippen molar-refractivity contribution in [2.75, 3.05) is 0 Å². The highest BCUT2D eigenvalue weighted by Crippen LogP contribution is 1.96. The van der Waals surface area contributed by atoms with Gasteiger partial charge in [-0.25, -0.2) is 0 Å². The molecule has 0 rings (SSSR count). The van der Waals surface area contributed by atoms with Gasteiger partial charge in [-0.3, -0.25) is 0 Å². The van der Waals surface area contributed by atoms with Crippen molar-refractivity contribution in [3.63, 3.8) is 0 Å². The lowest BCUT2D eigenvalue weighted by Crippen LogP contribution is -1.66. The van der Waals surface area contributed by atoms with Crippen LogP contribution in [0.15, 0.2) is 23.8 Å². The Hall–Kier alpha value is -0.520. The van der Waals surface area contributed by atoms with E-state index in [1.807, 2.05) is 13.0 Å². The Morgan fingerprint density at radius 3 is 2.50 bits per heavy atom. The predicted molar refractivity (Wildman–Crippen MR) is 38.9 cm³/mol. The summed E-state index contributed by atoms with van der Waals surface area (Å²) >= 11 is 0. The lowest BCUT2D eigenvalue weighted by molar-refractivity contribution is 1.10. The van der Waals surface area contributed by atoms with Gasteiger partial charge >= 0.3 is 0 Å². The van der Waals surface area contributed by atoms with Gasteiger partial charge in [0.15, 0.2) is 0 Å². The maximum Gasteiger partial charge on any atom is -0.0349 e. The lowest BCUT2D eigenvalue weighted by atomic mass is 10.2. The van der Waals surface area contributed by atoms with Crippen LogP contribution in [0.5, 0.6) is 0 Å². The molecule has 0 radical (unpaired) electrons. The van der Waals surface area contributed by atoms with Crippen molar-refractivity contribution in [3.8, 4) is 0 Å². The van der Waals surface area contributed by atoms with E-state index in [1.54, 1.807) is 0 Å². The summed E-state index contributed by atoms with van der Waals surface area (Å²) in [7, 11) is 0. The molecule has 0 heteroatoms. The van der Waals surface area contributed by atoms with Gasteiger partial charge in [-0.05, 0) is 20.3 Å². The van der Waals surface area contributed by atoms with Crippen molar-refractivity contribution in [1.29, 1.82) is 0 Å². The quantitative estimate of drug-likeness (QED) is 0.479. The SMILES string of the molecule is C/C=C\C=C(/C)CC. The highest BCUT2D eigenvalue weighted by molar-refractivity contribution is 5.08. The Balaban J connectivity index is 3.57. The van der Waals surface area contributed by atoms with Crippen LogP contribution in [0.3, 0.4) is 0 Å². The molecule has 8 heavy (non-hydrogen) atoms. The van der Waals surface area contributed by atoms with Crippen LogP contribution in [0.25, 0.3) is 0 Å². The highest BCUT2D eigenvalue weighted by Gasteiger charge is 1.75. The molecule has 0 spiro atoms. The summed E-state index contributed by atoms with van der Waals surface area (Å²) in [6, 6.07) is 0. The Bertz CT molecular complexity index is 96.6. The first-order valence-electron chi connectivity index (χ1n) is 3.09. The van der Waals surface area contributed by atoms with Gasteiger partial charge < -0.3 is 0 Å². The van der Waals surface area contributed by atoms with Crippen molar-refractivity contribution in [1.82, 2.24) is 0 Å². The molecule has 0 saturated heterocycles. The maximum atomic E-state index is 2.16. The zero-order chi connectivity index (χ0) is 6.41. The van der Waals surface area contributed by atoms with Crippen LogP contribution in [0, 0.1) is 0 Å². The molecule has 0 aliphatic carbocycles. The van der Waals surface area contributed by atoms with E-state index in [-0.39, 0.29) is 0 Å². The van der Waals surface area contributed by atoms with E-state index in [4.69, 9.17) is 0 Å². The van der Waals surface area contributed by atoms with Crippen molar-refractivity contribution < 1.29 is 0 Å². The molecule has 0 bridgehead atoms. The van der Waals surface area contributed by atoms with Crippen molar-refractivity contribution in [2.45, 2.75) is 27.2 Å². The molecule has 0 aliphatic rings. The first-order valence-corrected chi connectivity index (χ1v) is 3.09. The molecule has 0 saturated carbocycles. The Morgan fingerprint density at radius 1 is 1.50 bits per heavy atom. The monoisotopic (exact) mass is 110 g/mol. The Kier molecular flexibility index (Phi) is 4.33. The molecule has 0 N–H and O–H groups in total.